The molecular formula is C14H23Cl2N5O. The average molecular weight is 348 g/mol. The highest BCUT2D eigenvalue weighted by atomic mass is 35.5. The Morgan fingerprint density at radius 2 is 1.82 bits per heavy atom. The van der Waals surface area contributed by atoms with E-state index in [0.29, 0.717) is 0 Å². The smallest absolute Gasteiger partial charge is 0.229 e. The second kappa shape index (κ2) is 7.94. The van der Waals surface area contributed by atoms with Crippen molar-refractivity contribution < 1.29 is 4.79 Å². The Morgan fingerprint density at radius 1 is 1.18 bits per heavy atom. The van der Waals surface area contributed by atoms with Crippen LogP contribution in [0.3, 0.4) is 0 Å². The summed E-state index contributed by atoms with van der Waals surface area (Å²) in [5.41, 5.74) is -0.217. The summed E-state index contributed by atoms with van der Waals surface area (Å²) >= 11 is 0. The lowest BCUT2D eigenvalue weighted by Gasteiger charge is -2.38. The molecule has 0 radical (unpaired) electrons. The maximum Gasteiger partial charge on any atom is 0.229 e. The lowest BCUT2D eigenvalue weighted by molar-refractivity contribution is -0.140. The molecule has 1 unspecified atom stereocenters. The summed E-state index contributed by atoms with van der Waals surface area (Å²) in [4.78, 5) is 25.3. The highest BCUT2D eigenvalue weighted by molar-refractivity contribution is 5.85. The van der Waals surface area contributed by atoms with E-state index in [9.17, 15) is 4.79 Å². The van der Waals surface area contributed by atoms with Gasteiger partial charge in [0.15, 0.2) is 0 Å². The van der Waals surface area contributed by atoms with E-state index in [1.54, 1.807) is 12.4 Å². The second-order valence-corrected chi connectivity index (χ2v) is 5.82. The fourth-order valence-corrected chi connectivity index (χ4v) is 2.95. The predicted octanol–water partition coefficient (Wildman–Crippen LogP) is 0.968. The molecule has 3 heterocycles. The lowest BCUT2D eigenvalue weighted by atomic mass is 9.88. The molecule has 2 fully saturated rings. The Morgan fingerprint density at radius 3 is 2.36 bits per heavy atom. The van der Waals surface area contributed by atoms with Crippen LogP contribution in [0, 0.1) is 5.41 Å². The lowest BCUT2D eigenvalue weighted by Crippen LogP contribution is -2.53. The number of anilines is 1. The first-order valence-corrected chi connectivity index (χ1v) is 7.21. The van der Waals surface area contributed by atoms with Crippen molar-refractivity contribution in [1.29, 1.82) is 0 Å². The number of aromatic nitrogens is 2. The van der Waals surface area contributed by atoms with Crippen LogP contribution in [0.1, 0.15) is 13.3 Å². The van der Waals surface area contributed by atoms with Gasteiger partial charge in [-0.05, 0) is 26.0 Å². The minimum absolute atomic E-state index is 0. The number of carbonyl (C=O) groups is 1. The van der Waals surface area contributed by atoms with Crippen LogP contribution in [0.4, 0.5) is 5.95 Å². The van der Waals surface area contributed by atoms with Crippen molar-refractivity contribution in [1.82, 2.24) is 20.2 Å². The molecule has 1 aromatic heterocycles. The molecule has 2 saturated heterocycles. The van der Waals surface area contributed by atoms with Gasteiger partial charge in [0, 0.05) is 45.1 Å². The average Bonchev–Trinajstić information content (AvgIpc) is 2.96. The summed E-state index contributed by atoms with van der Waals surface area (Å²) in [6.07, 6.45) is 4.45. The van der Waals surface area contributed by atoms with Gasteiger partial charge in [-0.15, -0.1) is 24.8 Å². The van der Waals surface area contributed by atoms with Crippen LogP contribution in [0.2, 0.25) is 0 Å². The van der Waals surface area contributed by atoms with E-state index in [-0.39, 0.29) is 36.1 Å². The number of amides is 1. The summed E-state index contributed by atoms with van der Waals surface area (Å²) in [6, 6.07) is 1.82. The summed E-state index contributed by atoms with van der Waals surface area (Å²) in [5, 5.41) is 3.29. The number of piperazine rings is 1. The van der Waals surface area contributed by atoms with Crippen LogP contribution in [0.25, 0.3) is 0 Å². The van der Waals surface area contributed by atoms with Crippen molar-refractivity contribution in [2.24, 2.45) is 5.41 Å². The van der Waals surface area contributed by atoms with E-state index in [0.717, 1.165) is 51.6 Å². The number of carbonyl (C=O) groups excluding carboxylic acids is 1. The molecule has 2 aliphatic heterocycles. The largest absolute Gasteiger partial charge is 0.339 e. The number of nitrogens with zero attached hydrogens (tertiary/aromatic N) is 4. The molecule has 3 rings (SSSR count). The zero-order valence-corrected chi connectivity index (χ0v) is 14.3. The standard InChI is InChI=1S/C14H21N5O.2ClH/c1-14(3-6-15-11-14)12(20)18-7-9-19(10-8-18)13-16-4-2-5-17-13;;/h2,4-5,15H,3,6-11H2,1H3;2*1H. The second-order valence-electron chi connectivity index (χ2n) is 5.82. The van der Waals surface area contributed by atoms with Crippen LogP contribution >= 0.6 is 24.8 Å². The zero-order valence-electron chi connectivity index (χ0n) is 12.7. The zero-order chi connectivity index (χ0) is 14.0. The number of nitrogens with one attached hydrogen (secondary N) is 1. The molecule has 1 N–H and O–H groups in total. The fraction of sp³-hybridized carbons (Fsp3) is 0.643. The van der Waals surface area contributed by atoms with Crippen molar-refractivity contribution in [3.05, 3.63) is 18.5 Å². The first-order valence-electron chi connectivity index (χ1n) is 7.21. The van der Waals surface area contributed by atoms with Crippen LogP contribution in [0.5, 0.6) is 0 Å². The summed E-state index contributed by atoms with van der Waals surface area (Å²) in [5.74, 6) is 1.05. The minimum Gasteiger partial charge on any atom is -0.339 e. The Kier molecular flexibility index (Phi) is 6.84. The highest BCUT2D eigenvalue weighted by Crippen LogP contribution is 2.27. The molecule has 1 atom stereocenters. The van der Waals surface area contributed by atoms with Crippen LogP contribution in [-0.4, -0.2) is 60.0 Å². The number of rotatable bonds is 2. The van der Waals surface area contributed by atoms with Crippen molar-refractivity contribution in [2.75, 3.05) is 44.2 Å². The van der Waals surface area contributed by atoms with Gasteiger partial charge in [-0.25, -0.2) is 9.97 Å². The van der Waals surface area contributed by atoms with Crippen LogP contribution < -0.4 is 10.2 Å². The van der Waals surface area contributed by atoms with Gasteiger partial charge >= 0.3 is 0 Å². The fourth-order valence-electron chi connectivity index (χ4n) is 2.95. The normalized spacial score (nSPS) is 24.4. The number of halogens is 2. The molecule has 1 aromatic rings. The van der Waals surface area contributed by atoms with Gasteiger partial charge in [-0.3, -0.25) is 4.79 Å². The molecule has 1 amide bonds. The van der Waals surface area contributed by atoms with E-state index in [4.69, 9.17) is 0 Å². The van der Waals surface area contributed by atoms with E-state index < -0.39 is 0 Å². The van der Waals surface area contributed by atoms with Crippen LogP contribution in [-0.2, 0) is 4.79 Å². The van der Waals surface area contributed by atoms with Crippen molar-refractivity contribution in [3.63, 3.8) is 0 Å². The molecule has 0 bridgehead atoms. The predicted molar refractivity (Wildman–Crippen MR) is 90.9 cm³/mol. The molecule has 0 spiro atoms. The maximum atomic E-state index is 12.6. The van der Waals surface area contributed by atoms with Gasteiger partial charge in [0.2, 0.25) is 11.9 Å². The van der Waals surface area contributed by atoms with E-state index in [2.05, 4.69) is 27.1 Å². The third-order valence-electron chi connectivity index (χ3n) is 4.29. The van der Waals surface area contributed by atoms with Crippen molar-refractivity contribution >= 4 is 36.7 Å². The molecule has 124 valence electrons. The Bertz CT molecular complexity index is 473. The summed E-state index contributed by atoms with van der Waals surface area (Å²) in [6.45, 7) is 6.94. The van der Waals surface area contributed by atoms with Crippen molar-refractivity contribution in [2.45, 2.75) is 13.3 Å². The minimum atomic E-state index is -0.217. The molecule has 0 aromatic carbocycles. The van der Waals surface area contributed by atoms with E-state index in [1.165, 1.54) is 0 Å². The summed E-state index contributed by atoms with van der Waals surface area (Å²) in [7, 11) is 0. The highest BCUT2D eigenvalue weighted by Gasteiger charge is 2.40. The van der Waals surface area contributed by atoms with Gasteiger partial charge < -0.3 is 15.1 Å². The maximum absolute atomic E-state index is 12.6. The third-order valence-corrected chi connectivity index (χ3v) is 4.29. The van der Waals surface area contributed by atoms with Gasteiger partial charge in [0.1, 0.15) is 0 Å². The van der Waals surface area contributed by atoms with E-state index >= 15 is 0 Å². The Labute approximate surface area is 143 Å². The molecule has 6 nitrogen and oxygen atoms in total. The quantitative estimate of drug-likeness (QED) is 0.863. The van der Waals surface area contributed by atoms with Gasteiger partial charge in [0.05, 0.1) is 5.41 Å². The monoisotopic (exact) mass is 347 g/mol. The van der Waals surface area contributed by atoms with Gasteiger partial charge in [-0.1, -0.05) is 0 Å². The number of hydrogen-bond acceptors (Lipinski definition) is 5. The van der Waals surface area contributed by atoms with Crippen LogP contribution in [0.15, 0.2) is 18.5 Å². The Balaban J connectivity index is 0.00000121. The molecular weight excluding hydrogens is 325 g/mol. The van der Waals surface area contributed by atoms with Crippen molar-refractivity contribution in [3.8, 4) is 0 Å². The SMILES string of the molecule is CC1(C(=O)N2CCN(c3ncccn3)CC2)CCNC1.Cl.Cl. The van der Waals surface area contributed by atoms with Gasteiger partial charge in [-0.2, -0.15) is 0 Å². The first kappa shape index (κ1) is 18.9. The molecule has 22 heavy (non-hydrogen) atoms. The number of hydrogen-bond donors (Lipinski definition) is 1. The molecule has 8 heteroatoms. The summed E-state index contributed by atoms with van der Waals surface area (Å²) < 4.78 is 0. The van der Waals surface area contributed by atoms with E-state index in [1.807, 2.05) is 11.0 Å². The third kappa shape index (κ3) is 3.80. The Hall–Kier alpha value is -1.11. The molecule has 0 saturated carbocycles. The first-order chi connectivity index (χ1) is 9.69. The van der Waals surface area contributed by atoms with Gasteiger partial charge in [0.25, 0.3) is 0 Å². The molecule has 2 aliphatic rings. The topological polar surface area (TPSA) is 61.4 Å². The molecule has 0 aliphatic carbocycles.